The number of esters is 7. The van der Waals surface area contributed by atoms with Crippen LogP contribution < -0.4 is 0 Å². The second-order valence-electron chi connectivity index (χ2n) is 13.2. The SMILES string of the molecule is CCC1(C)OC(=O)C(/C=C/C=C/C=C2C(=O)OC3(CCC4(CC3)OC(=O)C(=C/C=C/C=C/C3=C(O)OC(C)(CCOC(C)=O)OC3=O)C(=O)O4)OC2=O)=C(O)O1. The molecule has 3 fully saturated rings. The highest BCUT2D eigenvalue weighted by atomic mass is 16.8. The monoisotopic (exact) mass is 782 g/mol. The Morgan fingerprint density at radius 3 is 1.36 bits per heavy atom. The molecule has 1 saturated carbocycles. The molecule has 2 N–H and O–H groups in total. The van der Waals surface area contributed by atoms with Gasteiger partial charge < -0.3 is 52.8 Å². The summed E-state index contributed by atoms with van der Waals surface area (Å²) in [5.41, 5.74) is -1.41. The molecular formula is C38H38O18. The number of cyclic esters (lactones) is 2. The molecule has 4 heterocycles. The van der Waals surface area contributed by atoms with E-state index in [0.29, 0.717) is 6.42 Å². The summed E-state index contributed by atoms with van der Waals surface area (Å²) in [6.07, 6.45) is 12.2. The van der Waals surface area contributed by atoms with Crippen LogP contribution in [0, 0.1) is 0 Å². The first-order valence-corrected chi connectivity index (χ1v) is 17.3. The maximum Gasteiger partial charge on any atom is 0.348 e. The zero-order valence-corrected chi connectivity index (χ0v) is 30.6. The van der Waals surface area contributed by atoms with Crippen molar-refractivity contribution in [1.29, 1.82) is 0 Å². The van der Waals surface area contributed by atoms with Gasteiger partial charge in [0.05, 0.1) is 13.0 Å². The van der Waals surface area contributed by atoms with Gasteiger partial charge in [-0.25, -0.2) is 28.8 Å². The van der Waals surface area contributed by atoms with Crippen LogP contribution in [0.4, 0.5) is 0 Å². The summed E-state index contributed by atoms with van der Waals surface area (Å²) in [6, 6.07) is 0. The number of hydrogen-bond donors (Lipinski definition) is 2. The van der Waals surface area contributed by atoms with Crippen molar-refractivity contribution in [3.63, 3.8) is 0 Å². The number of ether oxygens (including phenoxy) is 9. The van der Waals surface area contributed by atoms with Crippen LogP contribution in [0.5, 0.6) is 0 Å². The molecule has 0 bridgehead atoms. The Hall–Kier alpha value is -6.59. The lowest BCUT2D eigenvalue weighted by Gasteiger charge is -2.45. The van der Waals surface area contributed by atoms with Crippen molar-refractivity contribution >= 4 is 41.8 Å². The van der Waals surface area contributed by atoms with E-state index in [9.17, 15) is 43.8 Å². The maximum absolute atomic E-state index is 12.8. The molecule has 0 aromatic carbocycles. The van der Waals surface area contributed by atoms with Gasteiger partial charge in [-0.1, -0.05) is 43.4 Å². The number of aliphatic hydroxyl groups excluding tert-OH is 2. The molecule has 2 spiro atoms. The van der Waals surface area contributed by atoms with Gasteiger partial charge in [-0.15, -0.1) is 0 Å². The summed E-state index contributed by atoms with van der Waals surface area (Å²) in [5.74, 6) is -13.8. The summed E-state index contributed by atoms with van der Waals surface area (Å²) in [6.45, 7) is 5.70. The molecule has 2 atom stereocenters. The van der Waals surface area contributed by atoms with Crippen molar-refractivity contribution in [2.45, 2.75) is 89.4 Å². The Bertz CT molecular complexity index is 1920. The normalized spacial score (nSPS) is 29.6. The fourth-order valence-corrected chi connectivity index (χ4v) is 5.67. The Labute approximate surface area is 318 Å². The van der Waals surface area contributed by atoms with Crippen LogP contribution in [0.2, 0.25) is 0 Å². The van der Waals surface area contributed by atoms with Crippen LogP contribution in [0.1, 0.15) is 66.2 Å². The molecule has 1 aliphatic carbocycles. The summed E-state index contributed by atoms with van der Waals surface area (Å²) in [4.78, 5) is 86.9. The topological polar surface area (TPSA) is 243 Å². The third kappa shape index (κ3) is 9.19. The zero-order chi connectivity index (χ0) is 40.9. The van der Waals surface area contributed by atoms with Crippen LogP contribution >= 0.6 is 0 Å². The minimum Gasteiger partial charge on any atom is -0.480 e. The first-order chi connectivity index (χ1) is 26.4. The first-order valence-electron chi connectivity index (χ1n) is 17.3. The molecule has 2 unspecified atom stereocenters. The molecule has 5 aliphatic rings. The van der Waals surface area contributed by atoms with Crippen LogP contribution in [-0.2, 0) is 76.2 Å². The van der Waals surface area contributed by atoms with Gasteiger partial charge in [0.15, 0.2) is 0 Å². The number of aliphatic hydroxyl groups is 2. The van der Waals surface area contributed by atoms with Gasteiger partial charge in [-0.2, -0.15) is 0 Å². The Balaban J connectivity index is 1.12. The number of hydrogen-bond acceptors (Lipinski definition) is 18. The molecule has 298 valence electrons. The molecule has 0 radical (unpaired) electrons. The first kappa shape index (κ1) is 40.6. The van der Waals surface area contributed by atoms with Gasteiger partial charge in [-0.05, 0) is 24.3 Å². The van der Waals surface area contributed by atoms with E-state index in [0.717, 1.165) is 12.2 Å². The molecule has 0 aromatic heterocycles. The van der Waals surface area contributed by atoms with Crippen LogP contribution in [-0.4, -0.2) is 81.8 Å². The summed E-state index contributed by atoms with van der Waals surface area (Å²) >= 11 is 0. The third-order valence-electron chi connectivity index (χ3n) is 8.91. The van der Waals surface area contributed by atoms with Gasteiger partial charge in [-0.3, -0.25) is 4.79 Å². The summed E-state index contributed by atoms with van der Waals surface area (Å²) in [7, 11) is 0. The fraction of sp³-hybridized carbons (Fsp3) is 0.395. The molecule has 18 heteroatoms. The highest BCUT2D eigenvalue weighted by molar-refractivity contribution is 6.16. The minimum atomic E-state index is -1.70. The minimum absolute atomic E-state index is 0.0363. The Morgan fingerprint density at radius 2 is 0.982 bits per heavy atom. The second-order valence-corrected chi connectivity index (χ2v) is 13.2. The second kappa shape index (κ2) is 16.0. The molecule has 0 aromatic rings. The predicted octanol–water partition coefficient (Wildman–Crippen LogP) is 3.71. The van der Waals surface area contributed by atoms with E-state index in [4.69, 9.17) is 42.6 Å². The van der Waals surface area contributed by atoms with Gasteiger partial charge in [0, 0.05) is 52.9 Å². The van der Waals surface area contributed by atoms with Crippen LogP contribution in [0.25, 0.3) is 0 Å². The average Bonchev–Trinajstić information content (AvgIpc) is 3.10. The summed E-state index contributed by atoms with van der Waals surface area (Å²) < 4.78 is 47.7. The molecule has 2 saturated heterocycles. The number of carbonyl (C=O) groups is 7. The molecule has 18 nitrogen and oxygen atoms in total. The smallest absolute Gasteiger partial charge is 0.348 e. The van der Waals surface area contributed by atoms with Crippen LogP contribution in [0.15, 0.2) is 94.9 Å². The third-order valence-corrected chi connectivity index (χ3v) is 8.91. The molecular weight excluding hydrogens is 744 g/mol. The van der Waals surface area contributed by atoms with E-state index in [-0.39, 0.29) is 49.9 Å². The van der Waals surface area contributed by atoms with Gasteiger partial charge in [0.2, 0.25) is 0 Å². The summed E-state index contributed by atoms with van der Waals surface area (Å²) in [5, 5.41) is 20.3. The van der Waals surface area contributed by atoms with E-state index >= 15 is 0 Å². The zero-order valence-electron chi connectivity index (χ0n) is 30.6. The van der Waals surface area contributed by atoms with Crippen molar-refractivity contribution in [2.24, 2.45) is 0 Å². The molecule has 56 heavy (non-hydrogen) atoms. The Kier molecular flexibility index (Phi) is 11.6. The predicted molar refractivity (Wildman–Crippen MR) is 183 cm³/mol. The van der Waals surface area contributed by atoms with Crippen molar-refractivity contribution in [2.75, 3.05) is 6.61 Å². The van der Waals surface area contributed by atoms with Gasteiger partial charge in [0.1, 0.15) is 22.3 Å². The Morgan fingerprint density at radius 1 is 0.589 bits per heavy atom. The average molecular weight is 783 g/mol. The van der Waals surface area contributed by atoms with Gasteiger partial charge in [0.25, 0.3) is 35.0 Å². The number of allylic oxidation sites excluding steroid dienone is 8. The lowest BCUT2D eigenvalue weighted by molar-refractivity contribution is -0.291. The van der Waals surface area contributed by atoms with E-state index < -0.39 is 88.0 Å². The fourth-order valence-electron chi connectivity index (χ4n) is 5.67. The lowest BCUT2D eigenvalue weighted by atomic mass is 9.87. The quantitative estimate of drug-likeness (QED) is 0.105. The number of rotatable bonds is 10. The van der Waals surface area contributed by atoms with Gasteiger partial charge >= 0.3 is 41.8 Å². The highest BCUT2D eigenvalue weighted by Gasteiger charge is 2.56. The number of carbonyl (C=O) groups excluding carboxylic acids is 7. The lowest BCUT2D eigenvalue weighted by Crippen LogP contribution is -2.56. The highest BCUT2D eigenvalue weighted by Crippen LogP contribution is 2.45. The van der Waals surface area contributed by atoms with E-state index in [2.05, 4.69) is 0 Å². The molecule has 0 amide bonds. The van der Waals surface area contributed by atoms with Crippen molar-refractivity contribution < 1.29 is 86.4 Å². The largest absolute Gasteiger partial charge is 0.480 e. The van der Waals surface area contributed by atoms with E-state index in [1.54, 1.807) is 6.92 Å². The van der Waals surface area contributed by atoms with Crippen LogP contribution in [0.3, 0.4) is 0 Å². The van der Waals surface area contributed by atoms with E-state index in [1.165, 1.54) is 69.4 Å². The maximum atomic E-state index is 12.8. The molecule has 4 aliphatic heterocycles. The van der Waals surface area contributed by atoms with Crippen molar-refractivity contribution in [3.05, 3.63) is 94.9 Å². The van der Waals surface area contributed by atoms with Crippen molar-refractivity contribution in [1.82, 2.24) is 0 Å². The molecule has 5 rings (SSSR count). The van der Waals surface area contributed by atoms with Crippen molar-refractivity contribution in [3.8, 4) is 0 Å². The standard InChI is InChI=1S/C38H38O18/c1-5-35(3)49-27(40)23(28(41)50-35)12-8-6-10-14-25-31(44)53-37(54-32(25)45)16-18-38(19-17-37)55-33(46)26(34(47)56-38)15-11-7-9-13-24-29(42)51-36(4,52-30(24)43)20-21-48-22(2)39/h6-15,40,42H,5,16-21H2,1-4H3/b10-6+,11-7+,12-8+,13-9+,25-14?,26-15?. The van der Waals surface area contributed by atoms with E-state index in [1.807, 2.05) is 0 Å².